The summed E-state index contributed by atoms with van der Waals surface area (Å²) >= 11 is 0. The summed E-state index contributed by atoms with van der Waals surface area (Å²) in [5, 5.41) is 3.00. The Balaban J connectivity index is 1.96. The minimum atomic E-state index is -0.751. The van der Waals surface area contributed by atoms with Crippen LogP contribution in [0.3, 0.4) is 0 Å². The first-order valence-electron chi connectivity index (χ1n) is 12.4. The van der Waals surface area contributed by atoms with Gasteiger partial charge in [0.05, 0.1) is 20.6 Å². The highest BCUT2D eigenvalue weighted by Gasteiger charge is 2.30. The lowest BCUT2D eigenvalue weighted by Crippen LogP contribution is -2.51. The number of rotatable bonds is 12. The van der Waals surface area contributed by atoms with Crippen molar-refractivity contribution in [2.75, 3.05) is 20.8 Å². The lowest BCUT2D eigenvalue weighted by Gasteiger charge is -2.32. The zero-order chi connectivity index (χ0) is 26.8. The second-order valence-electron chi connectivity index (χ2n) is 9.36. The molecule has 7 heteroatoms. The fourth-order valence-electron chi connectivity index (χ4n) is 4.03. The molecule has 0 radical (unpaired) electrons. The van der Waals surface area contributed by atoms with Crippen LogP contribution in [0.15, 0.2) is 72.8 Å². The van der Waals surface area contributed by atoms with Crippen molar-refractivity contribution in [1.29, 1.82) is 0 Å². The Morgan fingerprint density at radius 1 is 0.865 bits per heavy atom. The third-order valence-corrected chi connectivity index (χ3v) is 6.03. The Labute approximate surface area is 218 Å². The quantitative estimate of drug-likeness (QED) is 0.383. The third kappa shape index (κ3) is 8.07. The average Bonchev–Trinajstić information content (AvgIpc) is 2.90. The second kappa shape index (κ2) is 13.4. The van der Waals surface area contributed by atoms with E-state index in [0.29, 0.717) is 24.5 Å². The van der Waals surface area contributed by atoms with E-state index < -0.39 is 6.04 Å². The van der Waals surface area contributed by atoms with Crippen molar-refractivity contribution in [2.24, 2.45) is 5.92 Å². The summed E-state index contributed by atoms with van der Waals surface area (Å²) in [5.41, 5.74) is 2.40. The molecule has 0 fully saturated rings. The summed E-state index contributed by atoms with van der Waals surface area (Å²) < 4.78 is 24.3. The molecule has 196 valence electrons. The minimum absolute atomic E-state index is 0.0598. The maximum atomic E-state index is 13.8. The first kappa shape index (κ1) is 27.7. The number of carbonyl (C=O) groups is 2. The van der Waals surface area contributed by atoms with Crippen LogP contribution in [0.4, 0.5) is 4.39 Å². The number of hydrogen-bond acceptors (Lipinski definition) is 4. The molecule has 0 bridgehead atoms. The summed E-state index contributed by atoms with van der Waals surface area (Å²) in [6, 6.07) is 20.2. The third-order valence-electron chi connectivity index (χ3n) is 6.03. The van der Waals surface area contributed by atoms with Gasteiger partial charge in [-0.25, -0.2) is 4.39 Å². The summed E-state index contributed by atoms with van der Waals surface area (Å²) in [5.74, 6) is 0.541. The van der Waals surface area contributed by atoms with E-state index in [0.717, 1.165) is 16.7 Å². The SMILES string of the molecule is COc1ccc(CC(=O)N(Cc2ccc(F)cc2)C(Cc2ccccc2)C(=O)NCC(C)C)cc1OC. The number of methoxy groups -OCH3 is 2. The molecule has 0 aromatic heterocycles. The van der Waals surface area contributed by atoms with Gasteiger partial charge in [0.1, 0.15) is 11.9 Å². The molecule has 3 aromatic carbocycles. The van der Waals surface area contributed by atoms with Gasteiger partial charge in [0.15, 0.2) is 11.5 Å². The standard InChI is InChI=1S/C30H35FN2O4/c1-21(2)19-32-30(35)26(16-22-8-6-5-7-9-22)33(20-23-10-13-25(31)14-11-23)29(34)18-24-12-15-27(36-3)28(17-24)37-4/h5-15,17,21,26H,16,18-20H2,1-4H3,(H,32,35). The normalized spacial score (nSPS) is 11.6. The van der Waals surface area contributed by atoms with Gasteiger partial charge in [-0.3, -0.25) is 9.59 Å². The van der Waals surface area contributed by atoms with Gasteiger partial charge < -0.3 is 19.7 Å². The number of benzene rings is 3. The second-order valence-corrected chi connectivity index (χ2v) is 9.36. The van der Waals surface area contributed by atoms with E-state index in [2.05, 4.69) is 5.32 Å². The Bertz CT molecular complexity index is 1170. The van der Waals surface area contributed by atoms with Crippen LogP contribution in [0.1, 0.15) is 30.5 Å². The number of ether oxygens (including phenoxy) is 2. The van der Waals surface area contributed by atoms with Crippen LogP contribution in [0, 0.1) is 11.7 Å². The number of amides is 2. The smallest absolute Gasteiger partial charge is 0.243 e. The van der Waals surface area contributed by atoms with E-state index in [1.54, 1.807) is 49.5 Å². The summed E-state index contributed by atoms with van der Waals surface area (Å²) in [7, 11) is 3.09. The summed E-state index contributed by atoms with van der Waals surface area (Å²) in [6.07, 6.45) is 0.411. The molecular weight excluding hydrogens is 471 g/mol. The van der Waals surface area contributed by atoms with E-state index in [-0.39, 0.29) is 36.5 Å². The van der Waals surface area contributed by atoms with Crippen molar-refractivity contribution in [3.05, 3.63) is 95.3 Å². The topological polar surface area (TPSA) is 67.9 Å². The predicted molar refractivity (Wildman–Crippen MR) is 142 cm³/mol. The van der Waals surface area contributed by atoms with E-state index in [4.69, 9.17) is 9.47 Å². The van der Waals surface area contributed by atoms with E-state index >= 15 is 0 Å². The van der Waals surface area contributed by atoms with Crippen LogP contribution < -0.4 is 14.8 Å². The van der Waals surface area contributed by atoms with Gasteiger partial charge in [0, 0.05) is 19.5 Å². The zero-order valence-corrected chi connectivity index (χ0v) is 21.9. The first-order valence-corrected chi connectivity index (χ1v) is 12.4. The zero-order valence-electron chi connectivity index (χ0n) is 21.9. The highest BCUT2D eigenvalue weighted by atomic mass is 19.1. The maximum Gasteiger partial charge on any atom is 0.243 e. The van der Waals surface area contributed by atoms with Crippen LogP contribution >= 0.6 is 0 Å². The molecule has 1 N–H and O–H groups in total. The van der Waals surface area contributed by atoms with Gasteiger partial charge in [0.25, 0.3) is 0 Å². The van der Waals surface area contributed by atoms with Gasteiger partial charge in [-0.05, 0) is 46.9 Å². The molecule has 0 saturated carbocycles. The number of hydrogen-bond donors (Lipinski definition) is 1. The minimum Gasteiger partial charge on any atom is -0.493 e. The Kier molecular flexibility index (Phi) is 10.1. The van der Waals surface area contributed by atoms with Crippen LogP contribution in [0.5, 0.6) is 11.5 Å². The van der Waals surface area contributed by atoms with Gasteiger partial charge in [-0.15, -0.1) is 0 Å². The van der Waals surface area contributed by atoms with Crippen LogP contribution in [0.25, 0.3) is 0 Å². The van der Waals surface area contributed by atoms with E-state index in [1.807, 2.05) is 44.2 Å². The van der Waals surface area contributed by atoms with Crippen molar-refractivity contribution in [3.8, 4) is 11.5 Å². The van der Waals surface area contributed by atoms with Gasteiger partial charge >= 0.3 is 0 Å². The molecule has 0 aliphatic carbocycles. The average molecular weight is 507 g/mol. The summed E-state index contributed by atoms with van der Waals surface area (Å²) in [6.45, 7) is 4.70. The van der Waals surface area contributed by atoms with Crippen LogP contribution in [-0.4, -0.2) is 43.5 Å². The molecule has 3 rings (SSSR count). The Morgan fingerprint density at radius 3 is 2.14 bits per heavy atom. The first-order chi connectivity index (χ1) is 17.8. The highest BCUT2D eigenvalue weighted by Crippen LogP contribution is 2.28. The molecule has 0 heterocycles. The summed E-state index contributed by atoms with van der Waals surface area (Å²) in [4.78, 5) is 28.9. The molecule has 3 aromatic rings. The largest absolute Gasteiger partial charge is 0.493 e. The maximum absolute atomic E-state index is 13.8. The molecule has 6 nitrogen and oxygen atoms in total. The molecule has 0 aliphatic rings. The Morgan fingerprint density at radius 2 is 1.51 bits per heavy atom. The van der Waals surface area contributed by atoms with Crippen LogP contribution in [-0.2, 0) is 29.0 Å². The predicted octanol–water partition coefficient (Wildman–Crippen LogP) is 4.80. The fourth-order valence-corrected chi connectivity index (χ4v) is 4.03. The number of nitrogens with zero attached hydrogens (tertiary/aromatic N) is 1. The van der Waals surface area contributed by atoms with E-state index in [1.165, 1.54) is 12.1 Å². The molecule has 1 atom stereocenters. The number of carbonyl (C=O) groups excluding carboxylic acids is 2. The fraction of sp³-hybridized carbons (Fsp3) is 0.333. The lowest BCUT2D eigenvalue weighted by molar-refractivity contribution is -0.140. The van der Waals surface area contributed by atoms with Crippen molar-refractivity contribution in [2.45, 2.75) is 39.3 Å². The van der Waals surface area contributed by atoms with E-state index in [9.17, 15) is 14.0 Å². The molecular formula is C30H35FN2O4. The Hall–Kier alpha value is -3.87. The molecule has 2 amide bonds. The molecule has 37 heavy (non-hydrogen) atoms. The van der Waals surface area contributed by atoms with Crippen molar-refractivity contribution in [1.82, 2.24) is 10.2 Å². The van der Waals surface area contributed by atoms with Gasteiger partial charge in [0.2, 0.25) is 11.8 Å². The van der Waals surface area contributed by atoms with Gasteiger partial charge in [-0.2, -0.15) is 0 Å². The number of nitrogens with one attached hydrogen (secondary N) is 1. The van der Waals surface area contributed by atoms with Gasteiger partial charge in [-0.1, -0.05) is 62.4 Å². The van der Waals surface area contributed by atoms with Crippen molar-refractivity contribution in [3.63, 3.8) is 0 Å². The molecule has 1 unspecified atom stereocenters. The monoisotopic (exact) mass is 506 g/mol. The van der Waals surface area contributed by atoms with Crippen molar-refractivity contribution < 1.29 is 23.5 Å². The lowest BCUT2D eigenvalue weighted by atomic mass is 10.0. The highest BCUT2D eigenvalue weighted by molar-refractivity contribution is 5.89. The molecule has 0 saturated heterocycles. The van der Waals surface area contributed by atoms with Crippen molar-refractivity contribution >= 4 is 11.8 Å². The number of halogens is 1. The molecule has 0 aliphatic heterocycles. The van der Waals surface area contributed by atoms with Crippen LogP contribution in [0.2, 0.25) is 0 Å². The molecule has 0 spiro atoms.